The molecule has 1 radical (unpaired) electrons. The van der Waals surface area contributed by atoms with E-state index < -0.39 is 0 Å². The van der Waals surface area contributed by atoms with E-state index in [0.29, 0.717) is 0 Å². The lowest BCUT2D eigenvalue weighted by atomic mass is 10.4. The van der Waals surface area contributed by atoms with Crippen molar-refractivity contribution in [1.29, 1.82) is 0 Å². The minimum Gasteiger partial charge on any atom is -0.0611 e. The van der Waals surface area contributed by atoms with Gasteiger partial charge in [0, 0.05) is 4.99 Å². The van der Waals surface area contributed by atoms with Gasteiger partial charge in [-0.3, -0.25) is 0 Å². The van der Waals surface area contributed by atoms with Gasteiger partial charge in [-0.1, -0.05) is 5.57 Å². The first kappa shape index (κ1) is 5.22. The first-order chi connectivity index (χ1) is 2.27. The molecule has 0 atom stereocenters. The topological polar surface area (TPSA) is 0 Å². The lowest BCUT2D eigenvalue weighted by Gasteiger charge is -1.70. The maximum Gasteiger partial charge on any atom is 0.0303 e. The van der Waals surface area contributed by atoms with Crippen molar-refractivity contribution >= 4 is 15.9 Å². The predicted octanol–water partition coefficient (Wildman–Crippen LogP) is 2.11. The van der Waals surface area contributed by atoms with Gasteiger partial charge in [0.05, 0.1) is 0 Å². The fourth-order valence-corrected chi connectivity index (χ4v) is 0. The Morgan fingerprint density at radius 3 is 1.80 bits per heavy atom. The lowest BCUT2D eigenvalue weighted by Crippen LogP contribution is -1.50. The van der Waals surface area contributed by atoms with Crippen LogP contribution in [0.15, 0.2) is 5.57 Å². The average molecular weight is 134 g/mol. The Labute approximate surface area is 41.0 Å². The van der Waals surface area contributed by atoms with Gasteiger partial charge in [0.1, 0.15) is 0 Å². The Bertz CT molecular complexity index is 41.6. The van der Waals surface area contributed by atoms with E-state index in [-0.39, 0.29) is 0 Å². The zero-order chi connectivity index (χ0) is 4.28. The summed E-state index contributed by atoms with van der Waals surface area (Å²) < 4.78 is 0. The Hall–Kier alpha value is 0.220. The third-order valence-electron chi connectivity index (χ3n) is 0.189. The molecule has 0 N–H and O–H groups in total. The largest absolute Gasteiger partial charge is 0.0611 e. The van der Waals surface area contributed by atoms with Gasteiger partial charge in [-0.05, 0) is 29.8 Å². The Balaban J connectivity index is 3.14. The third-order valence-corrected chi connectivity index (χ3v) is 0.982. The molecule has 0 aromatic carbocycles. The molecule has 1 heteroatoms. The molecule has 0 bridgehead atoms. The van der Waals surface area contributed by atoms with Crippen LogP contribution in [0.25, 0.3) is 0 Å². The van der Waals surface area contributed by atoms with Crippen molar-refractivity contribution in [3.05, 3.63) is 10.6 Å². The molecule has 0 aromatic rings. The zero-order valence-corrected chi connectivity index (χ0v) is 4.96. The molecule has 0 nitrogen and oxygen atoms in total. The fraction of sp³-hybridized carbons (Fsp3) is 0.500. The molecule has 0 spiro atoms. The van der Waals surface area contributed by atoms with Crippen LogP contribution in [0.1, 0.15) is 13.8 Å². The van der Waals surface area contributed by atoms with Gasteiger partial charge in [-0.15, -0.1) is 0 Å². The van der Waals surface area contributed by atoms with Crippen LogP contribution in [0.2, 0.25) is 0 Å². The molecule has 0 aromatic heterocycles. The van der Waals surface area contributed by atoms with E-state index in [0.717, 1.165) is 0 Å². The van der Waals surface area contributed by atoms with Crippen LogP contribution >= 0.6 is 15.9 Å². The molecule has 0 fully saturated rings. The molecular formula is C4H6Br. The van der Waals surface area contributed by atoms with Crippen LogP contribution in [-0.2, 0) is 0 Å². The highest BCUT2D eigenvalue weighted by Gasteiger charge is 1.63. The first-order valence-electron chi connectivity index (χ1n) is 1.44. The van der Waals surface area contributed by atoms with Crippen molar-refractivity contribution in [2.75, 3.05) is 0 Å². The number of hydrogen-bond acceptors (Lipinski definition) is 0. The second-order valence-electron chi connectivity index (χ2n) is 1.09. The van der Waals surface area contributed by atoms with E-state index in [9.17, 15) is 0 Å². The van der Waals surface area contributed by atoms with Crippen LogP contribution in [0.5, 0.6) is 0 Å². The average Bonchev–Trinajstić information content (AvgIpc) is 1.38. The quantitative estimate of drug-likeness (QED) is 0.475. The molecule has 0 aliphatic rings. The van der Waals surface area contributed by atoms with Gasteiger partial charge in [-0.2, -0.15) is 0 Å². The van der Waals surface area contributed by atoms with Crippen LogP contribution in [0.3, 0.4) is 0 Å². The maximum atomic E-state index is 3.03. The Kier molecular flexibility index (Phi) is 2.57. The van der Waals surface area contributed by atoms with Gasteiger partial charge in [-0.25, -0.2) is 0 Å². The fourth-order valence-electron chi connectivity index (χ4n) is 0. The smallest absolute Gasteiger partial charge is 0.0303 e. The van der Waals surface area contributed by atoms with Crippen molar-refractivity contribution in [1.82, 2.24) is 0 Å². The third kappa shape index (κ3) is 4.22. The van der Waals surface area contributed by atoms with E-state index in [1.165, 1.54) is 5.57 Å². The Morgan fingerprint density at radius 2 is 1.80 bits per heavy atom. The van der Waals surface area contributed by atoms with Crippen LogP contribution < -0.4 is 0 Å². The van der Waals surface area contributed by atoms with Gasteiger partial charge in [0.2, 0.25) is 0 Å². The summed E-state index contributed by atoms with van der Waals surface area (Å²) in [5.74, 6) is 0. The summed E-state index contributed by atoms with van der Waals surface area (Å²) in [5, 5.41) is 0. The van der Waals surface area contributed by atoms with Crippen LogP contribution in [-0.4, -0.2) is 0 Å². The van der Waals surface area contributed by atoms with Crippen LogP contribution in [0, 0.1) is 4.99 Å². The minimum atomic E-state index is 1.17. The molecule has 0 heterocycles. The van der Waals surface area contributed by atoms with Gasteiger partial charge in [0.25, 0.3) is 0 Å². The summed E-state index contributed by atoms with van der Waals surface area (Å²) in [6, 6.07) is 0. The molecule has 0 saturated carbocycles. The molecule has 0 saturated heterocycles. The first-order valence-corrected chi connectivity index (χ1v) is 2.23. The second kappa shape index (κ2) is 2.46. The normalized spacial score (nSPS) is 7.00. The molecule has 0 rings (SSSR count). The zero-order valence-electron chi connectivity index (χ0n) is 3.38. The SMILES string of the molecule is CC(C)=[C]Br. The van der Waals surface area contributed by atoms with Crippen molar-refractivity contribution in [2.45, 2.75) is 13.8 Å². The van der Waals surface area contributed by atoms with Gasteiger partial charge in [0.15, 0.2) is 0 Å². The number of hydrogen-bond donors (Lipinski definition) is 0. The molecule has 29 valence electrons. The summed E-state index contributed by atoms with van der Waals surface area (Å²) in [4.78, 5) is 2.76. The van der Waals surface area contributed by atoms with E-state index in [2.05, 4.69) is 20.9 Å². The highest BCUT2D eigenvalue weighted by atomic mass is 79.9. The lowest BCUT2D eigenvalue weighted by molar-refractivity contribution is 1.40. The highest BCUT2D eigenvalue weighted by molar-refractivity contribution is 9.10. The molecule has 0 unspecified atom stereocenters. The summed E-state index contributed by atoms with van der Waals surface area (Å²) in [7, 11) is 0. The molecule has 0 aliphatic heterocycles. The predicted molar refractivity (Wildman–Crippen MR) is 27.0 cm³/mol. The summed E-state index contributed by atoms with van der Waals surface area (Å²) in [5.41, 5.74) is 1.17. The number of halogens is 1. The van der Waals surface area contributed by atoms with E-state index >= 15 is 0 Å². The van der Waals surface area contributed by atoms with Crippen molar-refractivity contribution in [2.24, 2.45) is 0 Å². The standard InChI is InChI=1S/C4H6Br/c1-4(2)3-5/h1-2H3. The molecule has 0 amide bonds. The van der Waals surface area contributed by atoms with Crippen molar-refractivity contribution < 1.29 is 0 Å². The Morgan fingerprint density at radius 1 is 1.60 bits per heavy atom. The van der Waals surface area contributed by atoms with E-state index in [1.807, 2.05) is 13.8 Å². The van der Waals surface area contributed by atoms with Crippen molar-refractivity contribution in [3.63, 3.8) is 0 Å². The molecule has 0 aliphatic carbocycles. The minimum absolute atomic E-state index is 1.17. The van der Waals surface area contributed by atoms with Gasteiger partial charge < -0.3 is 0 Å². The van der Waals surface area contributed by atoms with Crippen LogP contribution in [0.4, 0.5) is 0 Å². The van der Waals surface area contributed by atoms with Gasteiger partial charge >= 0.3 is 0 Å². The highest BCUT2D eigenvalue weighted by Crippen LogP contribution is 1.89. The molecular weight excluding hydrogens is 128 g/mol. The summed E-state index contributed by atoms with van der Waals surface area (Å²) in [6.07, 6.45) is 0. The summed E-state index contributed by atoms with van der Waals surface area (Å²) >= 11 is 3.03. The monoisotopic (exact) mass is 133 g/mol. The maximum absolute atomic E-state index is 3.03. The number of allylic oxidation sites excluding steroid dienone is 1. The molecule has 5 heavy (non-hydrogen) atoms. The van der Waals surface area contributed by atoms with E-state index in [1.54, 1.807) is 0 Å². The van der Waals surface area contributed by atoms with Crippen molar-refractivity contribution in [3.8, 4) is 0 Å². The summed E-state index contributed by atoms with van der Waals surface area (Å²) in [6.45, 7) is 3.96. The number of rotatable bonds is 0. The van der Waals surface area contributed by atoms with E-state index in [4.69, 9.17) is 0 Å². The second-order valence-corrected chi connectivity index (χ2v) is 1.49.